The van der Waals surface area contributed by atoms with Crippen LogP contribution in [0.25, 0.3) is 0 Å². The number of unbranched alkanes of at least 4 members (excludes halogenated alkanes) is 26. The van der Waals surface area contributed by atoms with E-state index in [2.05, 4.69) is 45.7 Å². The monoisotopic (exact) mass is 1010 g/mol. The van der Waals surface area contributed by atoms with Crippen LogP contribution in [0.1, 0.15) is 219 Å². The Morgan fingerprint density at radius 1 is 0.471 bits per heavy atom. The van der Waals surface area contributed by atoms with Gasteiger partial charge in [0.1, 0.15) is 24.2 Å². The maximum atomic E-state index is 13.7. The zero-order valence-corrected chi connectivity index (χ0v) is 44.7. The summed E-state index contributed by atoms with van der Waals surface area (Å²) in [4.78, 5) is 77.8. The van der Waals surface area contributed by atoms with Crippen molar-refractivity contribution in [1.29, 1.82) is 0 Å². The van der Waals surface area contributed by atoms with Crippen molar-refractivity contribution < 1.29 is 43.7 Å². The molecular weight excluding hydrogens is 913 g/mol. The number of aliphatic hydroxyl groups is 1. The molecule has 0 saturated heterocycles. The Morgan fingerprint density at radius 2 is 0.886 bits per heavy atom. The molecule has 70 heavy (non-hydrogen) atoms. The van der Waals surface area contributed by atoms with Gasteiger partial charge in [-0.3, -0.25) is 14.4 Å². The number of nitrogens with one attached hydrogen (secondary N) is 6. The van der Waals surface area contributed by atoms with Crippen LogP contribution in [0.4, 0.5) is 9.59 Å². The molecule has 0 rings (SSSR count). The van der Waals surface area contributed by atoms with Gasteiger partial charge in [0.2, 0.25) is 17.7 Å². The van der Waals surface area contributed by atoms with E-state index in [1.165, 1.54) is 134 Å². The molecule has 0 aliphatic rings. The SMILES string of the molecule is CCCCCCCCCCCCCCCCOC(=O)NCCSC[C@@H](NC(=O)NCCCCCCCCCCCCCC)C(=O)N[C@H](CO)C(=O)N[C@@H](CCCCN)C(=O)N[C@@H](CCCCN)C(=O)O. The average Bonchev–Trinajstić information content (AvgIpc) is 3.34. The van der Waals surface area contributed by atoms with Gasteiger partial charge in [-0.05, 0) is 64.5 Å². The van der Waals surface area contributed by atoms with Crippen molar-refractivity contribution in [3.63, 3.8) is 0 Å². The Balaban J connectivity index is 5.17. The highest BCUT2D eigenvalue weighted by Gasteiger charge is 2.31. The maximum Gasteiger partial charge on any atom is 0.407 e. The van der Waals surface area contributed by atoms with Crippen LogP contribution in [0.5, 0.6) is 0 Å². The van der Waals surface area contributed by atoms with Crippen molar-refractivity contribution in [3.8, 4) is 0 Å². The van der Waals surface area contributed by atoms with E-state index in [9.17, 15) is 39.0 Å². The van der Waals surface area contributed by atoms with Crippen LogP contribution < -0.4 is 43.4 Å². The van der Waals surface area contributed by atoms with Gasteiger partial charge in [0.15, 0.2) is 0 Å². The number of alkyl carbamates (subject to hydrolysis) is 1. The van der Waals surface area contributed by atoms with E-state index in [1.54, 1.807) is 0 Å². The van der Waals surface area contributed by atoms with E-state index in [0.29, 0.717) is 57.7 Å². The number of aliphatic hydroxyl groups excluding tert-OH is 1. The van der Waals surface area contributed by atoms with E-state index in [0.717, 1.165) is 44.9 Å². The lowest BCUT2D eigenvalue weighted by molar-refractivity contribution is -0.142. The van der Waals surface area contributed by atoms with Crippen LogP contribution >= 0.6 is 11.8 Å². The van der Waals surface area contributed by atoms with Gasteiger partial charge in [0, 0.05) is 24.6 Å². The molecular formula is C52H102N8O9S. The topological polar surface area (TPSA) is 276 Å². The van der Waals surface area contributed by atoms with Gasteiger partial charge < -0.3 is 58.3 Å². The summed E-state index contributed by atoms with van der Waals surface area (Å²) < 4.78 is 5.35. The molecule has 0 spiro atoms. The lowest BCUT2D eigenvalue weighted by Gasteiger charge is -2.25. The normalized spacial score (nSPS) is 12.9. The molecule has 0 fully saturated rings. The van der Waals surface area contributed by atoms with Gasteiger partial charge in [0.25, 0.3) is 0 Å². The van der Waals surface area contributed by atoms with Crippen molar-refractivity contribution in [2.75, 3.05) is 50.9 Å². The molecule has 6 amide bonds. The van der Waals surface area contributed by atoms with E-state index in [-0.39, 0.29) is 25.1 Å². The number of carboxylic acid groups (broad SMARTS) is 1. The summed E-state index contributed by atoms with van der Waals surface area (Å²) in [6.45, 7) is 5.39. The minimum Gasteiger partial charge on any atom is -0.480 e. The first-order valence-corrected chi connectivity index (χ1v) is 28.9. The number of urea groups is 1. The second kappa shape index (κ2) is 49.2. The number of ether oxygens (including phenoxy) is 1. The van der Waals surface area contributed by atoms with Gasteiger partial charge >= 0.3 is 18.1 Å². The minimum atomic E-state index is -1.49. The molecule has 0 aromatic carbocycles. The summed E-state index contributed by atoms with van der Waals surface area (Å²) in [5.41, 5.74) is 11.2. The molecule has 0 radical (unpaired) electrons. The number of nitrogens with two attached hydrogens (primary N) is 2. The second-order valence-corrected chi connectivity index (χ2v) is 20.0. The Labute approximate surface area is 427 Å². The van der Waals surface area contributed by atoms with Gasteiger partial charge in [0.05, 0.1) is 13.2 Å². The van der Waals surface area contributed by atoms with Crippen LogP contribution in [-0.4, -0.2) is 121 Å². The lowest BCUT2D eigenvalue weighted by atomic mass is 10.0. The highest BCUT2D eigenvalue weighted by atomic mass is 32.2. The first kappa shape index (κ1) is 66.7. The number of carboxylic acids is 1. The molecule has 0 aliphatic carbocycles. The average molecular weight is 1020 g/mol. The number of hydrogen-bond donors (Lipinski definition) is 10. The molecule has 0 saturated carbocycles. The molecule has 0 bridgehead atoms. The van der Waals surface area contributed by atoms with Crippen LogP contribution in [0, 0.1) is 0 Å². The third kappa shape index (κ3) is 40.3. The molecule has 0 aromatic rings. The fourth-order valence-electron chi connectivity index (χ4n) is 8.02. The smallest absolute Gasteiger partial charge is 0.407 e. The van der Waals surface area contributed by atoms with Gasteiger partial charge in [-0.15, -0.1) is 0 Å². The standard InChI is InChI=1S/C52H102N8O9S/c1-3-5-7-9-11-13-15-17-18-20-22-24-26-32-39-69-52(68)56-38-40-70-42-46(60-51(67)55-37-31-25-23-21-19-16-14-12-10-8-6-4-2)49(64)59-45(41-61)48(63)57-43(33-27-29-35-53)47(62)58-44(50(65)66)34-28-30-36-54/h43-46,61H,3-42,53-54H2,1-2H3,(H,56,68)(H,57,63)(H,58,62)(H,59,64)(H,65,66)(H2,55,60,67)/t43-,44-,45+,46+/m0/s1. The Bertz CT molecular complexity index is 1320. The number of carbonyl (C=O) groups excluding carboxylic acids is 5. The zero-order chi connectivity index (χ0) is 51.7. The number of carbonyl (C=O) groups is 6. The molecule has 0 aliphatic heterocycles. The predicted octanol–water partition coefficient (Wildman–Crippen LogP) is 8.09. The molecule has 410 valence electrons. The highest BCUT2D eigenvalue weighted by Crippen LogP contribution is 2.14. The fourth-order valence-corrected chi connectivity index (χ4v) is 8.91. The van der Waals surface area contributed by atoms with Crippen LogP contribution in [0.15, 0.2) is 0 Å². The van der Waals surface area contributed by atoms with Crippen molar-refractivity contribution in [1.82, 2.24) is 31.9 Å². The van der Waals surface area contributed by atoms with Crippen molar-refractivity contribution >= 4 is 47.6 Å². The van der Waals surface area contributed by atoms with Crippen molar-refractivity contribution in [2.24, 2.45) is 11.5 Å². The van der Waals surface area contributed by atoms with Gasteiger partial charge in [-0.2, -0.15) is 11.8 Å². The van der Waals surface area contributed by atoms with Crippen molar-refractivity contribution in [2.45, 2.75) is 243 Å². The van der Waals surface area contributed by atoms with E-state index < -0.39 is 66.6 Å². The third-order valence-corrected chi connectivity index (χ3v) is 13.5. The van der Waals surface area contributed by atoms with Crippen LogP contribution in [-0.2, 0) is 23.9 Å². The van der Waals surface area contributed by atoms with Crippen molar-refractivity contribution in [3.05, 3.63) is 0 Å². The number of amides is 6. The number of thioether (sulfide) groups is 1. The Morgan fingerprint density at radius 3 is 1.36 bits per heavy atom. The fraction of sp³-hybridized carbons (Fsp3) is 0.885. The second-order valence-electron chi connectivity index (χ2n) is 18.8. The predicted molar refractivity (Wildman–Crippen MR) is 285 cm³/mol. The van der Waals surface area contributed by atoms with Crippen LogP contribution in [0.2, 0.25) is 0 Å². The summed E-state index contributed by atoms with van der Waals surface area (Å²) >= 11 is 1.30. The third-order valence-electron chi connectivity index (χ3n) is 12.4. The number of rotatable bonds is 50. The highest BCUT2D eigenvalue weighted by molar-refractivity contribution is 7.99. The first-order chi connectivity index (χ1) is 34.0. The Hall–Kier alpha value is -3.35. The van der Waals surface area contributed by atoms with E-state index in [1.807, 2.05) is 0 Å². The molecule has 4 atom stereocenters. The molecule has 18 heteroatoms. The Kier molecular flexibility index (Phi) is 46.9. The molecule has 17 nitrogen and oxygen atoms in total. The zero-order valence-electron chi connectivity index (χ0n) is 43.9. The van der Waals surface area contributed by atoms with Gasteiger partial charge in [-0.25, -0.2) is 14.4 Å². The summed E-state index contributed by atoms with van der Waals surface area (Å²) in [5, 5.41) is 35.8. The van der Waals surface area contributed by atoms with E-state index >= 15 is 0 Å². The van der Waals surface area contributed by atoms with E-state index in [4.69, 9.17) is 16.2 Å². The quantitative estimate of drug-likeness (QED) is 0.0259. The van der Waals surface area contributed by atoms with Crippen LogP contribution in [0.3, 0.4) is 0 Å². The number of aliphatic carboxylic acids is 1. The summed E-state index contributed by atoms with van der Waals surface area (Å²) in [6, 6.07) is -5.55. The molecule has 0 aromatic heterocycles. The summed E-state index contributed by atoms with van der Waals surface area (Å²) in [6.07, 6.45) is 33.5. The lowest BCUT2D eigenvalue weighted by Crippen LogP contribution is -2.59. The largest absolute Gasteiger partial charge is 0.480 e. The molecule has 12 N–H and O–H groups in total. The maximum absolute atomic E-state index is 13.7. The number of hydrogen-bond acceptors (Lipinski definition) is 11. The molecule has 0 heterocycles. The van der Waals surface area contributed by atoms with Gasteiger partial charge in [-0.1, -0.05) is 168 Å². The minimum absolute atomic E-state index is 0.0816. The first-order valence-electron chi connectivity index (χ1n) is 27.7. The summed E-state index contributed by atoms with van der Waals surface area (Å²) in [5.74, 6) is -3.07. The molecule has 0 unspecified atom stereocenters. The summed E-state index contributed by atoms with van der Waals surface area (Å²) in [7, 11) is 0.